The molecule has 0 saturated heterocycles. The van der Waals surface area contributed by atoms with E-state index in [1.165, 1.54) is 29.4 Å². The van der Waals surface area contributed by atoms with E-state index in [4.69, 9.17) is 0 Å². The first-order valence-corrected chi connectivity index (χ1v) is 10.0. The molecule has 0 spiro atoms. The number of aliphatic hydroxyl groups is 1. The molecule has 1 aliphatic rings. The molecule has 0 fully saturated rings. The summed E-state index contributed by atoms with van der Waals surface area (Å²) in [7, 11) is 0. The third-order valence-electron chi connectivity index (χ3n) is 4.90. The van der Waals surface area contributed by atoms with Gasteiger partial charge in [-0.2, -0.15) is 13.2 Å². The Morgan fingerprint density at radius 1 is 1.16 bits per heavy atom. The predicted molar refractivity (Wildman–Crippen MR) is 107 cm³/mol. The zero-order valence-electron chi connectivity index (χ0n) is 15.8. The summed E-state index contributed by atoms with van der Waals surface area (Å²) in [4.78, 5) is 31.5. The van der Waals surface area contributed by atoms with Crippen LogP contribution in [0.3, 0.4) is 0 Å². The Labute approximate surface area is 179 Å². The number of benzene rings is 1. The van der Waals surface area contributed by atoms with Crippen molar-refractivity contribution < 1.29 is 27.9 Å². The molecule has 31 heavy (non-hydrogen) atoms. The number of Topliss-reactive ketones (excluding diaryl/α,β-unsaturated/α-hetero) is 1. The predicted octanol–water partition coefficient (Wildman–Crippen LogP) is 4.94. The lowest BCUT2D eigenvalue weighted by atomic mass is 9.96. The number of aromatic nitrogens is 1. The number of alkyl halides is 3. The van der Waals surface area contributed by atoms with E-state index in [0.717, 1.165) is 23.5 Å². The third-order valence-corrected chi connectivity index (χ3v) is 5.77. The number of amides is 1. The first kappa shape index (κ1) is 20.8. The average molecular weight is 444 g/mol. The van der Waals surface area contributed by atoms with Gasteiger partial charge in [-0.3, -0.25) is 14.6 Å². The molecule has 158 valence electrons. The molecule has 1 aliphatic heterocycles. The van der Waals surface area contributed by atoms with E-state index >= 15 is 0 Å². The first-order chi connectivity index (χ1) is 14.8. The van der Waals surface area contributed by atoms with Gasteiger partial charge in [0.2, 0.25) is 5.78 Å². The maximum Gasteiger partial charge on any atom is 0.416 e. The van der Waals surface area contributed by atoms with Crippen molar-refractivity contribution in [3.63, 3.8) is 0 Å². The number of hydrogen-bond donors (Lipinski definition) is 1. The SMILES string of the molecule is O=C(C1=C(O)C(=O)N(Cc2cccc(C(F)(F)F)c2)C1c1cccnc1)c1cccs1. The number of carbonyl (C=O) groups excluding carboxylic acids is 2. The normalized spacial score (nSPS) is 16.8. The molecule has 1 amide bonds. The Kier molecular flexibility index (Phi) is 5.36. The molecule has 3 aromatic rings. The van der Waals surface area contributed by atoms with Crippen LogP contribution < -0.4 is 0 Å². The zero-order valence-corrected chi connectivity index (χ0v) is 16.7. The van der Waals surface area contributed by atoms with Gasteiger partial charge >= 0.3 is 6.18 Å². The summed E-state index contributed by atoms with van der Waals surface area (Å²) in [6.45, 7) is -0.229. The molecule has 5 nitrogen and oxygen atoms in total. The summed E-state index contributed by atoms with van der Waals surface area (Å²) in [6.07, 6.45) is -1.56. The number of hydrogen-bond acceptors (Lipinski definition) is 5. The molecule has 1 atom stereocenters. The van der Waals surface area contributed by atoms with E-state index in [-0.39, 0.29) is 17.7 Å². The lowest BCUT2D eigenvalue weighted by Crippen LogP contribution is -2.30. The van der Waals surface area contributed by atoms with Crippen LogP contribution in [0.1, 0.15) is 32.4 Å². The fourth-order valence-electron chi connectivity index (χ4n) is 3.52. The Balaban J connectivity index is 1.76. The molecule has 0 saturated carbocycles. The van der Waals surface area contributed by atoms with Crippen LogP contribution in [0.4, 0.5) is 13.2 Å². The molecular formula is C22H15F3N2O3S. The lowest BCUT2D eigenvalue weighted by molar-refractivity contribution is -0.137. The van der Waals surface area contributed by atoms with Gasteiger partial charge in [0.25, 0.3) is 5.91 Å². The molecule has 0 radical (unpaired) electrons. The van der Waals surface area contributed by atoms with Crippen molar-refractivity contribution in [3.05, 3.63) is 99.2 Å². The number of halogens is 3. The largest absolute Gasteiger partial charge is 0.503 e. The minimum atomic E-state index is -4.53. The quantitative estimate of drug-likeness (QED) is 0.566. The van der Waals surface area contributed by atoms with Crippen molar-refractivity contribution in [1.82, 2.24) is 9.88 Å². The Bertz CT molecular complexity index is 1160. The number of nitrogens with zero attached hydrogens (tertiary/aromatic N) is 2. The van der Waals surface area contributed by atoms with Crippen LogP contribution in [0.5, 0.6) is 0 Å². The average Bonchev–Trinajstić information content (AvgIpc) is 3.37. The second-order valence-corrected chi connectivity index (χ2v) is 7.84. The highest BCUT2D eigenvalue weighted by atomic mass is 32.1. The summed E-state index contributed by atoms with van der Waals surface area (Å²) < 4.78 is 39.3. The van der Waals surface area contributed by atoms with Crippen LogP contribution in [-0.4, -0.2) is 26.7 Å². The van der Waals surface area contributed by atoms with Crippen molar-refractivity contribution in [2.75, 3.05) is 0 Å². The molecular weight excluding hydrogens is 429 g/mol. The highest BCUT2D eigenvalue weighted by molar-refractivity contribution is 7.12. The number of aliphatic hydroxyl groups excluding tert-OH is 1. The van der Waals surface area contributed by atoms with Crippen molar-refractivity contribution in [2.24, 2.45) is 0 Å². The minimum absolute atomic E-state index is 0.118. The van der Waals surface area contributed by atoms with Crippen LogP contribution in [0, 0.1) is 0 Å². The molecule has 1 unspecified atom stereocenters. The van der Waals surface area contributed by atoms with Gasteiger partial charge in [-0.25, -0.2) is 0 Å². The van der Waals surface area contributed by atoms with E-state index in [9.17, 15) is 27.9 Å². The van der Waals surface area contributed by atoms with Crippen molar-refractivity contribution >= 4 is 23.0 Å². The molecule has 1 aromatic carbocycles. The van der Waals surface area contributed by atoms with Gasteiger partial charge in [0.15, 0.2) is 5.76 Å². The minimum Gasteiger partial charge on any atom is -0.503 e. The Hall–Kier alpha value is -3.46. The van der Waals surface area contributed by atoms with Crippen molar-refractivity contribution in [3.8, 4) is 0 Å². The number of ketones is 1. The molecule has 0 bridgehead atoms. The summed E-state index contributed by atoms with van der Waals surface area (Å²) in [5, 5.41) is 12.3. The van der Waals surface area contributed by atoms with Crippen LogP contribution in [0.15, 0.2) is 77.6 Å². The molecule has 0 aliphatic carbocycles. The summed E-state index contributed by atoms with van der Waals surface area (Å²) in [6, 6.07) is 10.1. The zero-order chi connectivity index (χ0) is 22.2. The van der Waals surface area contributed by atoms with Crippen LogP contribution in [0.2, 0.25) is 0 Å². The van der Waals surface area contributed by atoms with E-state index in [2.05, 4.69) is 4.98 Å². The summed E-state index contributed by atoms with van der Waals surface area (Å²) in [5.41, 5.74) is -0.282. The second kappa shape index (κ2) is 7.99. The fourth-order valence-corrected chi connectivity index (χ4v) is 4.19. The summed E-state index contributed by atoms with van der Waals surface area (Å²) >= 11 is 1.16. The second-order valence-electron chi connectivity index (χ2n) is 6.89. The maximum atomic E-state index is 13.1. The van der Waals surface area contributed by atoms with Gasteiger partial charge < -0.3 is 10.0 Å². The van der Waals surface area contributed by atoms with Gasteiger partial charge in [-0.1, -0.05) is 24.3 Å². The Morgan fingerprint density at radius 2 is 1.97 bits per heavy atom. The van der Waals surface area contributed by atoms with Crippen LogP contribution in [-0.2, 0) is 17.5 Å². The van der Waals surface area contributed by atoms with Gasteiger partial charge in [-0.05, 0) is 40.8 Å². The fraction of sp³-hybridized carbons (Fsp3) is 0.136. The van der Waals surface area contributed by atoms with Crippen LogP contribution in [0.25, 0.3) is 0 Å². The number of rotatable bonds is 5. The van der Waals surface area contributed by atoms with Crippen LogP contribution >= 0.6 is 11.3 Å². The highest BCUT2D eigenvalue weighted by Gasteiger charge is 2.44. The molecule has 9 heteroatoms. The monoisotopic (exact) mass is 444 g/mol. The molecule has 1 N–H and O–H groups in total. The maximum absolute atomic E-state index is 13.1. The molecule has 2 aromatic heterocycles. The van der Waals surface area contributed by atoms with E-state index in [0.29, 0.717) is 10.4 Å². The lowest BCUT2D eigenvalue weighted by Gasteiger charge is -2.27. The first-order valence-electron chi connectivity index (χ1n) is 9.15. The number of carbonyl (C=O) groups is 2. The van der Waals surface area contributed by atoms with Gasteiger partial charge in [0, 0.05) is 18.9 Å². The van der Waals surface area contributed by atoms with Gasteiger partial charge in [0.1, 0.15) is 0 Å². The van der Waals surface area contributed by atoms with Crippen molar-refractivity contribution in [2.45, 2.75) is 18.8 Å². The van der Waals surface area contributed by atoms with Crippen molar-refractivity contribution in [1.29, 1.82) is 0 Å². The topological polar surface area (TPSA) is 70.5 Å². The number of pyridine rings is 1. The van der Waals surface area contributed by atoms with E-state index < -0.39 is 35.2 Å². The van der Waals surface area contributed by atoms with Gasteiger partial charge in [-0.15, -0.1) is 11.3 Å². The molecule has 3 heterocycles. The van der Waals surface area contributed by atoms with E-state index in [1.54, 1.807) is 29.6 Å². The molecule has 4 rings (SSSR count). The third kappa shape index (κ3) is 3.96. The standard InChI is InChI=1S/C22H15F3N2O3S/c23-22(24,25)15-6-1-4-13(10-15)12-27-18(14-5-2-8-26-11-14)17(20(29)21(27)30)19(28)16-7-3-9-31-16/h1-11,18,29H,12H2. The Morgan fingerprint density at radius 3 is 2.61 bits per heavy atom. The van der Waals surface area contributed by atoms with Gasteiger partial charge in [0.05, 0.1) is 22.1 Å². The number of thiophene rings is 1. The van der Waals surface area contributed by atoms with E-state index in [1.807, 2.05) is 0 Å². The highest BCUT2D eigenvalue weighted by Crippen LogP contribution is 2.40. The smallest absolute Gasteiger partial charge is 0.416 e. The summed E-state index contributed by atoms with van der Waals surface area (Å²) in [5.74, 6) is -2.05.